The smallest absolute Gasteiger partial charge is 0.550 e. The SMILES string of the molecule is COc1c(-c2ccc(C(F)(F)F)cc2CN(Cc2cc(C(F)(F)F)cc(C(F)(F)F)c2)c2ncc(OCCCC(=O)[O-])cn2)cc(C(C)C)nc1C.[Na+]. The number of ether oxygens (including phenoxy) is 2. The molecule has 0 unspecified atom stereocenters. The molecule has 0 aliphatic rings. The number of hydrogen-bond acceptors (Lipinski definition) is 8. The Bertz CT molecular complexity index is 1850. The maximum absolute atomic E-state index is 14.1. The summed E-state index contributed by atoms with van der Waals surface area (Å²) in [4.78, 5) is 24.6. The molecule has 0 atom stereocenters. The number of pyridine rings is 1. The summed E-state index contributed by atoms with van der Waals surface area (Å²) in [6, 6.07) is 5.49. The molecule has 0 fully saturated rings. The molecular formula is C35H32F9N4NaO4. The van der Waals surface area contributed by atoms with Crippen LogP contribution >= 0.6 is 0 Å². The van der Waals surface area contributed by atoms with Gasteiger partial charge in [0, 0.05) is 30.3 Å². The van der Waals surface area contributed by atoms with Gasteiger partial charge >= 0.3 is 48.1 Å². The van der Waals surface area contributed by atoms with Crippen molar-refractivity contribution in [2.75, 3.05) is 18.6 Å². The van der Waals surface area contributed by atoms with Crippen molar-refractivity contribution in [1.82, 2.24) is 15.0 Å². The Kier molecular flexibility index (Phi) is 14.2. The van der Waals surface area contributed by atoms with Crippen LogP contribution in [0.25, 0.3) is 11.1 Å². The summed E-state index contributed by atoms with van der Waals surface area (Å²) in [5, 5.41) is 10.7. The maximum Gasteiger partial charge on any atom is 1.00 e. The molecule has 8 nitrogen and oxygen atoms in total. The molecule has 0 aliphatic heterocycles. The number of carbonyl (C=O) groups excluding carboxylic acids is 1. The molecule has 0 bridgehead atoms. The number of carbonyl (C=O) groups is 1. The molecule has 0 aliphatic carbocycles. The second-order valence-corrected chi connectivity index (χ2v) is 12.1. The van der Waals surface area contributed by atoms with Crippen LogP contribution in [-0.4, -0.2) is 34.6 Å². The van der Waals surface area contributed by atoms with Gasteiger partial charge in [0.2, 0.25) is 5.95 Å². The van der Waals surface area contributed by atoms with Crippen molar-refractivity contribution in [2.24, 2.45) is 0 Å². The van der Waals surface area contributed by atoms with Gasteiger partial charge in [-0.2, -0.15) is 39.5 Å². The molecule has 0 saturated carbocycles. The van der Waals surface area contributed by atoms with Crippen LogP contribution in [0.15, 0.2) is 54.9 Å². The van der Waals surface area contributed by atoms with Gasteiger partial charge in [-0.3, -0.25) is 4.98 Å². The fourth-order valence-electron chi connectivity index (χ4n) is 5.29. The first-order chi connectivity index (χ1) is 24.2. The van der Waals surface area contributed by atoms with Gasteiger partial charge in [-0.15, -0.1) is 0 Å². The molecule has 280 valence electrons. The number of aliphatic carboxylic acids is 1. The van der Waals surface area contributed by atoms with Gasteiger partial charge in [0.05, 0.1) is 48.5 Å². The van der Waals surface area contributed by atoms with E-state index >= 15 is 0 Å². The number of aromatic nitrogens is 3. The van der Waals surface area contributed by atoms with Crippen molar-refractivity contribution >= 4 is 11.9 Å². The van der Waals surface area contributed by atoms with Crippen molar-refractivity contribution in [3.8, 4) is 22.6 Å². The van der Waals surface area contributed by atoms with E-state index in [9.17, 15) is 49.4 Å². The van der Waals surface area contributed by atoms with Gasteiger partial charge in [0.25, 0.3) is 0 Å². The third-order valence-corrected chi connectivity index (χ3v) is 7.75. The fraction of sp³-hybridized carbons (Fsp3) is 0.371. The van der Waals surface area contributed by atoms with Crippen LogP contribution in [0.5, 0.6) is 11.5 Å². The molecule has 0 spiro atoms. The van der Waals surface area contributed by atoms with Gasteiger partial charge in [-0.05, 0) is 78.8 Å². The molecular weight excluding hydrogens is 734 g/mol. The zero-order valence-electron chi connectivity index (χ0n) is 29.1. The van der Waals surface area contributed by atoms with Gasteiger partial charge in [0.15, 0.2) is 5.75 Å². The van der Waals surface area contributed by atoms with E-state index in [0.717, 1.165) is 29.4 Å². The number of carboxylic acids is 1. The normalized spacial score (nSPS) is 12.0. The Labute approximate surface area is 320 Å². The number of hydrogen-bond donors (Lipinski definition) is 0. The van der Waals surface area contributed by atoms with Crippen LogP contribution in [0.3, 0.4) is 0 Å². The van der Waals surface area contributed by atoms with E-state index in [1.807, 2.05) is 13.8 Å². The molecule has 53 heavy (non-hydrogen) atoms. The van der Waals surface area contributed by atoms with Crippen LogP contribution in [0.4, 0.5) is 45.5 Å². The van der Waals surface area contributed by atoms with Crippen LogP contribution in [0.1, 0.15) is 71.8 Å². The molecule has 0 saturated heterocycles. The predicted molar refractivity (Wildman–Crippen MR) is 168 cm³/mol. The van der Waals surface area contributed by atoms with Gasteiger partial charge in [-0.25, -0.2) is 9.97 Å². The second-order valence-electron chi connectivity index (χ2n) is 12.1. The number of aryl methyl sites for hydroxylation is 1. The molecule has 4 aromatic rings. The molecule has 0 N–H and O–H groups in total. The number of carboxylic acid groups (broad SMARTS) is 1. The topological polar surface area (TPSA) is 100 Å². The van der Waals surface area contributed by atoms with Crippen molar-refractivity contribution in [3.05, 3.63) is 94.1 Å². The van der Waals surface area contributed by atoms with Gasteiger partial charge in [-0.1, -0.05) is 19.9 Å². The van der Waals surface area contributed by atoms with E-state index in [1.54, 1.807) is 13.0 Å². The third-order valence-electron chi connectivity index (χ3n) is 7.75. The van der Waals surface area contributed by atoms with Crippen molar-refractivity contribution in [1.29, 1.82) is 0 Å². The molecule has 0 amide bonds. The van der Waals surface area contributed by atoms with E-state index in [0.29, 0.717) is 29.1 Å². The zero-order valence-corrected chi connectivity index (χ0v) is 31.1. The molecule has 18 heteroatoms. The summed E-state index contributed by atoms with van der Waals surface area (Å²) in [6.07, 6.45) is -13.1. The quantitative estimate of drug-likeness (QED) is 0.105. The first-order valence-electron chi connectivity index (χ1n) is 15.6. The van der Waals surface area contributed by atoms with E-state index in [1.165, 1.54) is 13.2 Å². The average molecular weight is 767 g/mol. The number of nitrogens with zero attached hydrogens (tertiary/aromatic N) is 4. The minimum Gasteiger partial charge on any atom is -0.550 e. The van der Waals surface area contributed by atoms with Crippen molar-refractivity contribution in [2.45, 2.75) is 71.1 Å². The van der Waals surface area contributed by atoms with Gasteiger partial charge < -0.3 is 24.3 Å². The van der Waals surface area contributed by atoms with Gasteiger partial charge in [0.1, 0.15) is 5.75 Å². The van der Waals surface area contributed by atoms with E-state index in [2.05, 4.69) is 15.0 Å². The average Bonchev–Trinajstić information content (AvgIpc) is 3.05. The Balaban J connectivity index is 0.00000756. The molecule has 4 rings (SSSR count). The first kappa shape index (κ1) is 43.3. The summed E-state index contributed by atoms with van der Waals surface area (Å²) < 4.78 is 136. The number of benzene rings is 2. The van der Waals surface area contributed by atoms with Crippen LogP contribution in [-0.2, 0) is 36.4 Å². The maximum atomic E-state index is 14.1. The number of anilines is 1. The molecule has 0 radical (unpaired) electrons. The first-order valence-corrected chi connectivity index (χ1v) is 15.6. The Morgan fingerprint density at radius 3 is 1.92 bits per heavy atom. The van der Waals surface area contributed by atoms with E-state index in [4.69, 9.17) is 9.47 Å². The Morgan fingerprint density at radius 2 is 1.42 bits per heavy atom. The zero-order chi connectivity index (χ0) is 38.6. The fourth-order valence-corrected chi connectivity index (χ4v) is 5.29. The van der Waals surface area contributed by atoms with E-state index in [-0.39, 0.29) is 89.6 Å². The minimum absolute atomic E-state index is 0. The monoisotopic (exact) mass is 766 g/mol. The summed E-state index contributed by atoms with van der Waals surface area (Å²) >= 11 is 0. The number of rotatable bonds is 13. The van der Waals surface area contributed by atoms with Crippen molar-refractivity contribution in [3.63, 3.8) is 0 Å². The summed E-state index contributed by atoms with van der Waals surface area (Å²) in [6.45, 7) is 4.02. The largest absolute Gasteiger partial charge is 1.00 e. The predicted octanol–water partition coefficient (Wildman–Crippen LogP) is 5.16. The third kappa shape index (κ3) is 11.5. The van der Waals surface area contributed by atoms with Crippen molar-refractivity contribution < 1.29 is 88.4 Å². The van der Waals surface area contributed by atoms with Crippen LogP contribution in [0, 0.1) is 6.92 Å². The van der Waals surface area contributed by atoms with E-state index < -0.39 is 59.8 Å². The minimum atomic E-state index is -5.16. The molecule has 2 aromatic carbocycles. The summed E-state index contributed by atoms with van der Waals surface area (Å²) in [5.41, 5.74) is -3.19. The summed E-state index contributed by atoms with van der Waals surface area (Å²) in [7, 11) is 1.35. The number of methoxy groups -OCH3 is 1. The van der Waals surface area contributed by atoms with Crippen LogP contribution < -0.4 is 49.0 Å². The Hall–Kier alpha value is -4.09. The summed E-state index contributed by atoms with van der Waals surface area (Å²) in [5.74, 6) is -1.42. The second kappa shape index (κ2) is 17.4. The molecule has 2 heterocycles. The standard InChI is InChI=1S/C35H33F9N4O4.Na/c1-19(2)29-14-28(31(51-4)20(3)47-29)27-8-7-23(33(36,37)38)12-22(27)18-48(32-45-15-26(16-46-32)52-9-5-6-30(49)50)17-21-10-24(34(39,40)41)13-25(11-21)35(42,43)44;/h7-8,10-16,19H,5-6,9,17-18H2,1-4H3,(H,49,50);/q;+1/p-1. The molecule has 2 aromatic heterocycles. The Morgan fingerprint density at radius 1 is 0.830 bits per heavy atom. The number of alkyl halides is 9. The number of halogens is 9. The van der Waals surface area contributed by atoms with Crippen LogP contribution in [0.2, 0.25) is 0 Å².